The normalized spacial score (nSPS) is 12.8. The van der Waals surface area contributed by atoms with Crippen molar-refractivity contribution >= 4 is 23.1 Å². The fourth-order valence-corrected chi connectivity index (χ4v) is 3.40. The largest absolute Gasteiger partial charge is 0.363 e. The van der Waals surface area contributed by atoms with E-state index in [1.165, 1.54) is 15.3 Å². The first kappa shape index (κ1) is 18.3. The summed E-state index contributed by atoms with van der Waals surface area (Å²) in [6.45, 7) is 5.04. The van der Waals surface area contributed by atoms with Gasteiger partial charge in [-0.2, -0.15) is 0 Å². The van der Waals surface area contributed by atoms with Crippen molar-refractivity contribution in [3.63, 3.8) is 0 Å². The zero-order chi connectivity index (χ0) is 17.5. The van der Waals surface area contributed by atoms with Gasteiger partial charge in [-0.05, 0) is 43.7 Å². The van der Waals surface area contributed by atoms with Crippen LogP contribution in [0, 0.1) is 6.92 Å². The van der Waals surface area contributed by atoms with Gasteiger partial charge in [0.1, 0.15) is 5.82 Å². The van der Waals surface area contributed by atoms with Crippen molar-refractivity contribution in [2.24, 2.45) is 4.99 Å². The second kappa shape index (κ2) is 8.68. The van der Waals surface area contributed by atoms with Gasteiger partial charge in [-0.3, -0.25) is 4.99 Å². The predicted molar refractivity (Wildman–Crippen MR) is 104 cm³/mol. The average molecular weight is 346 g/mol. The zero-order valence-electron chi connectivity index (χ0n) is 15.1. The van der Waals surface area contributed by atoms with Gasteiger partial charge in [0.2, 0.25) is 0 Å². The van der Waals surface area contributed by atoms with Gasteiger partial charge in [0.15, 0.2) is 5.96 Å². The van der Waals surface area contributed by atoms with Crippen LogP contribution < -0.4 is 15.5 Å². The van der Waals surface area contributed by atoms with Gasteiger partial charge in [-0.15, -0.1) is 11.3 Å². The number of pyridine rings is 1. The van der Waals surface area contributed by atoms with Crippen molar-refractivity contribution in [2.45, 2.75) is 32.9 Å². The molecule has 0 radical (unpaired) electrons. The molecule has 2 N–H and O–H groups in total. The summed E-state index contributed by atoms with van der Waals surface area (Å²) >= 11 is 1.85. The lowest BCUT2D eigenvalue weighted by Crippen LogP contribution is -2.42. The molecule has 0 fully saturated rings. The topological polar surface area (TPSA) is 52.6 Å². The monoisotopic (exact) mass is 345 g/mol. The molecule has 1 unspecified atom stereocenters. The second-order valence-corrected chi connectivity index (χ2v) is 7.48. The molecule has 2 aromatic heterocycles. The minimum absolute atomic E-state index is 0.323. The summed E-state index contributed by atoms with van der Waals surface area (Å²) in [4.78, 5) is 13.4. The van der Waals surface area contributed by atoms with E-state index in [0.717, 1.165) is 18.2 Å². The van der Waals surface area contributed by atoms with Crippen LogP contribution in [-0.2, 0) is 13.0 Å². The number of aromatic nitrogens is 1. The van der Waals surface area contributed by atoms with Crippen LogP contribution in [0.25, 0.3) is 0 Å². The molecule has 24 heavy (non-hydrogen) atoms. The SMILES string of the molecule is CN=C(NCc1ccnc(N(C)C)c1)NC(C)Cc1ccc(C)s1. The molecule has 2 aromatic rings. The maximum absolute atomic E-state index is 4.34. The Morgan fingerprint density at radius 1 is 1.33 bits per heavy atom. The standard InChI is InChI=1S/C18H27N5S/c1-13(10-16-7-6-14(2)24-16)22-18(19-3)21-12-15-8-9-20-17(11-15)23(4)5/h6-9,11,13H,10,12H2,1-5H3,(H2,19,21,22). The second-order valence-electron chi connectivity index (χ2n) is 6.10. The average Bonchev–Trinajstić information content (AvgIpc) is 2.96. The third-order valence-corrected chi connectivity index (χ3v) is 4.66. The number of guanidine groups is 1. The van der Waals surface area contributed by atoms with Crippen molar-refractivity contribution < 1.29 is 0 Å². The Balaban J connectivity index is 1.87. The summed E-state index contributed by atoms with van der Waals surface area (Å²) < 4.78 is 0. The summed E-state index contributed by atoms with van der Waals surface area (Å²) in [5.74, 6) is 1.78. The molecule has 0 aliphatic heterocycles. The molecule has 0 saturated heterocycles. The van der Waals surface area contributed by atoms with Crippen molar-refractivity contribution in [3.05, 3.63) is 45.8 Å². The molecule has 2 rings (SSSR count). The molecule has 0 amide bonds. The summed E-state index contributed by atoms with van der Waals surface area (Å²) in [7, 11) is 5.79. The number of anilines is 1. The summed E-state index contributed by atoms with van der Waals surface area (Å²) in [6.07, 6.45) is 2.84. The molecular formula is C18H27N5S. The molecule has 0 aliphatic rings. The van der Waals surface area contributed by atoms with E-state index in [9.17, 15) is 0 Å². The van der Waals surface area contributed by atoms with E-state index in [2.05, 4.69) is 52.7 Å². The molecule has 0 bridgehead atoms. The van der Waals surface area contributed by atoms with Crippen LogP contribution in [-0.4, -0.2) is 38.1 Å². The number of nitrogens with zero attached hydrogens (tertiary/aromatic N) is 3. The lowest BCUT2D eigenvalue weighted by Gasteiger charge is -2.18. The Morgan fingerprint density at radius 2 is 2.12 bits per heavy atom. The molecular weight excluding hydrogens is 318 g/mol. The van der Waals surface area contributed by atoms with E-state index in [4.69, 9.17) is 0 Å². The zero-order valence-corrected chi connectivity index (χ0v) is 15.9. The van der Waals surface area contributed by atoms with Crippen LogP contribution in [0.5, 0.6) is 0 Å². The first-order chi connectivity index (χ1) is 11.5. The minimum atomic E-state index is 0.323. The minimum Gasteiger partial charge on any atom is -0.363 e. The van der Waals surface area contributed by atoms with E-state index in [-0.39, 0.29) is 0 Å². The summed E-state index contributed by atoms with van der Waals surface area (Å²) in [5.41, 5.74) is 1.18. The highest BCUT2D eigenvalue weighted by Crippen LogP contribution is 2.16. The number of hydrogen-bond acceptors (Lipinski definition) is 4. The smallest absolute Gasteiger partial charge is 0.191 e. The van der Waals surface area contributed by atoms with Gasteiger partial charge >= 0.3 is 0 Å². The van der Waals surface area contributed by atoms with Gasteiger partial charge in [0.05, 0.1) is 0 Å². The maximum Gasteiger partial charge on any atom is 0.191 e. The molecule has 0 spiro atoms. The molecule has 1 atom stereocenters. The number of thiophene rings is 1. The first-order valence-electron chi connectivity index (χ1n) is 8.12. The van der Waals surface area contributed by atoms with E-state index in [0.29, 0.717) is 12.6 Å². The van der Waals surface area contributed by atoms with Gasteiger partial charge in [0.25, 0.3) is 0 Å². The number of aryl methyl sites for hydroxylation is 1. The number of nitrogens with one attached hydrogen (secondary N) is 2. The van der Waals surface area contributed by atoms with Crippen LogP contribution >= 0.6 is 11.3 Å². The van der Waals surface area contributed by atoms with E-state index < -0.39 is 0 Å². The Kier molecular flexibility index (Phi) is 6.61. The summed E-state index contributed by atoms with van der Waals surface area (Å²) in [5, 5.41) is 6.82. The van der Waals surface area contributed by atoms with Crippen LogP contribution in [0.4, 0.5) is 5.82 Å². The fraction of sp³-hybridized carbons (Fsp3) is 0.444. The van der Waals surface area contributed by atoms with Gasteiger partial charge in [-0.1, -0.05) is 0 Å². The Bertz CT molecular complexity index is 678. The first-order valence-corrected chi connectivity index (χ1v) is 8.94. The van der Waals surface area contributed by atoms with E-state index >= 15 is 0 Å². The molecule has 0 saturated carbocycles. The molecule has 0 aromatic carbocycles. The maximum atomic E-state index is 4.34. The van der Waals surface area contributed by atoms with Crippen LogP contribution in [0.3, 0.4) is 0 Å². The molecule has 0 aliphatic carbocycles. The Morgan fingerprint density at radius 3 is 2.75 bits per heavy atom. The summed E-state index contributed by atoms with van der Waals surface area (Å²) in [6, 6.07) is 8.80. The Hall–Kier alpha value is -2.08. The van der Waals surface area contributed by atoms with E-state index in [1.807, 2.05) is 42.6 Å². The predicted octanol–water partition coefficient (Wildman–Crippen LogP) is 2.81. The molecule has 6 heteroatoms. The van der Waals surface area contributed by atoms with Gasteiger partial charge < -0.3 is 15.5 Å². The number of aliphatic imine (C=N–C) groups is 1. The van der Waals surface area contributed by atoms with Crippen molar-refractivity contribution in [2.75, 3.05) is 26.0 Å². The third kappa shape index (κ3) is 5.53. The lowest BCUT2D eigenvalue weighted by atomic mass is 10.2. The number of hydrogen-bond donors (Lipinski definition) is 2. The van der Waals surface area contributed by atoms with E-state index in [1.54, 1.807) is 7.05 Å². The highest BCUT2D eigenvalue weighted by molar-refractivity contribution is 7.11. The van der Waals surface area contributed by atoms with Crippen molar-refractivity contribution in [1.29, 1.82) is 0 Å². The van der Waals surface area contributed by atoms with Crippen LogP contribution in [0.2, 0.25) is 0 Å². The quantitative estimate of drug-likeness (QED) is 0.624. The van der Waals surface area contributed by atoms with Crippen molar-refractivity contribution in [1.82, 2.24) is 15.6 Å². The molecule has 5 nitrogen and oxygen atoms in total. The van der Waals surface area contributed by atoms with Crippen molar-refractivity contribution in [3.8, 4) is 0 Å². The van der Waals surface area contributed by atoms with Gasteiger partial charge in [0, 0.05) is 56.1 Å². The third-order valence-electron chi connectivity index (χ3n) is 3.64. The molecule has 2 heterocycles. The Labute approximate surface area is 148 Å². The van der Waals surface area contributed by atoms with Gasteiger partial charge in [-0.25, -0.2) is 4.98 Å². The lowest BCUT2D eigenvalue weighted by molar-refractivity contribution is 0.645. The van der Waals surface area contributed by atoms with Crippen LogP contribution in [0.15, 0.2) is 35.5 Å². The highest BCUT2D eigenvalue weighted by atomic mass is 32.1. The fourth-order valence-electron chi connectivity index (χ4n) is 2.38. The molecule has 130 valence electrons. The van der Waals surface area contributed by atoms with Crippen LogP contribution in [0.1, 0.15) is 22.2 Å². The number of rotatable bonds is 6. The highest BCUT2D eigenvalue weighted by Gasteiger charge is 2.08.